The van der Waals surface area contributed by atoms with E-state index in [1.165, 1.54) is 11.3 Å². The second-order valence-electron chi connectivity index (χ2n) is 4.36. The number of halogens is 1. The Morgan fingerprint density at radius 2 is 1.76 bits per heavy atom. The average Bonchev–Trinajstić information content (AvgIpc) is 2.97. The summed E-state index contributed by atoms with van der Waals surface area (Å²) >= 11 is 4.81. The summed E-state index contributed by atoms with van der Waals surface area (Å²) in [7, 11) is 0. The van der Waals surface area contributed by atoms with Gasteiger partial charge in [0.15, 0.2) is 5.13 Å². The second kappa shape index (κ2) is 6.20. The van der Waals surface area contributed by atoms with Gasteiger partial charge in [-0.2, -0.15) is 0 Å². The van der Waals surface area contributed by atoms with Crippen LogP contribution in [0.25, 0.3) is 10.4 Å². The molecule has 1 N–H and O–H groups in total. The van der Waals surface area contributed by atoms with Crippen LogP contribution in [0.3, 0.4) is 0 Å². The van der Waals surface area contributed by atoms with E-state index >= 15 is 0 Å². The molecule has 2 aromatic carbocycles. The molecule has 0 bridgehead atoms. The summed E-state index contributed by atoms with van der Waals surface area (Å²) in [6.45, 7) is 0. The summed E-state index contributed by atoms with van der Waals surface area (Å²) in [5, 5.41) is 3.42. The molecule has 0 saturated carbocycles. The highest BCUT2D eigenvalue weighted by atomic mass is 79.9. The molecule has 0 atom stereocenters. The van der Waals surface area contributed by atoms with Crippen molar-refractivity contribution in [3.05, 3.63) is 70.8 Å². The van der Waals surface area contributed by atoms with E-state index < -0.39 is 0 Å². The number of carbonyl (C=O) groups is 1. The van der Waals surface area contributed by atoms with Crippen molar-refractivity contribution < 1.29 is 4.79 Å². The minimum atomic E-state index is -0.156. The van der Waals surface area contributed by atoms with Crippen molar-refractivity contribution in [1.29, 1.82) is 0 Å². The lowest BCUT2D eigenvalue weighted by Gasteiger charge is -2.01. The fourth-order valence-corrected chi connectivity index (χ4v) is 2.92. The molecular weight excluding hydrogens is 348 g/mol. The zero-order valence-electron chi connectivity index (χ0n) is 10.9. The maximum absolute atomic E-state index is 12.1. The number of nitrogens with one attached hydrogen (secondary N) is 1. The zero-order chi connectivity index (χ0) is 14.7. The summed E-state index contributed by atoms with van der Waals surface area (Å²) in [6, 6.07) is 17.2. The van der Waals surface area contributed by atoms with E-state index in [0.717, 1.165) is 14.9 Å². The molecule has 0 unspecified atom stereocenters. The van der Waals surface area contributed by atoms with Crippen LogP contribution in [0.4, 0.5) is 5.13 Å². The largest absolute Gasteiger partial charge is 0.298 e. The Hall–Kier alpha value is -1.98. The maximum atomic E-state index is 12.1. The van der Waals surface area contributed by atoms with Crippen LogP contribution in [0.15, 0.2) is 65.3 Å². The first-order chi connectivity index (χ1) is 10.2. The number of thiazole rings is 1. The number of hydrogen-bond acceptors (Lipinski definition) is 3. The molecule has 3 rings (SSSR count). The maximum Gasteiger partial charge on any atom is 0.257 e. The fraction of sp³-hybridized carbons (Fsp3) is 0. The van der Waals surface area contributed by atoms with Crippen LogP contribution < -0.4 is 5.32 Å². The molecule has 1 heterocycles. The third-order valence-electron chi connectivity index (χ3n) is 2.89. The van der Waals surface area contributed by atoms with Gasteiger partial charge in [0.05, 0.1) is 4.88 Å². The first kappa shape index (κ1) is 14.0. The van der Waals surface area contributed by atoms with Gasteiger partial charge in [-0.1, -0.05) is 57.6 Å². The molecular formula is C16H11BrN2OS. The first-order valence-corrected chi connectivity index (χ1v) is 7.91. The van der Waals surface area contributed by atoms with Crippen LogP contribution in [0.2, 0.25) is 0 Å². The molecule has 0 aliphatic carbocycles. The number of aromatic nitrogens is 1. The van der Waals surface area contributed by atoms with Crippen LogP contribution in [-0.2, 0) is 0 Å². The van der Waals surface area contributed by atoms with E-state index in [2.05, 4.69) is 26.2 Å². The zero-order valence-corrected chi connectivity index (χ0v) is 13.3. The number of anilines is 1. The first-order valence-electron chi connectivity index (χ1n) is 6.30. The minimum absolute atomic E-state index is 0.156. The highest BCUT2D eigenvalue weighted by molar-refractivity contribution is 9.10. The van der Waals surface area contributed by atoms with Crippen molar-refractivity contribution in [2.75, 3.05) is 5.32 Å². The van der Waals surface area contributed by atoms with Gasteiger partial charge in [-0.15, -0.1) is 0 Å². The Balaban J connectivity index is 1.75. The van der Waals surface area contributed by atoms with Gasteiger partial charge >= 0.3 is 0 Å². The molecule has 5 heteroatoms. The van der Waals surface area contributed by atoms with Crippen molar-refractivity contribution in [2.45, 2.75) is 0 Å². The quantitative estimate of drug-likeness (QED) is 0.728. The lowest BCUT2D eigenvalue weighted by atomic mass is 10.2. The summed E-state index contributed by atoms with van der Waals surface area (Å²) < 4.78 is 0.944. The summed E-state index contributed by atoms with van der Waals surface area (Å²) in [5.74, 6) is -0.156. The molecule has 0 aliphatic heterocycles. The Labute approximate surface area is 134 Å². The SMILES string of the molecule is O=C(Nc1ncc(-c2ccccc2)s1)c1ccc(Br)cc1. The number of benzene rings is 2. The number of nitrogens with zero attached hydrogens (tertiary/aromatic N) is 1. The molecule has 0 fully saturated rings. The number of hydrogen-bond donors (Lipinski definition) is 1. The third-order valence-corrected chi connectivity index (χ3v) is 4.38. The molecule has 0 saturated heterocycles. The van der Waals surface area contributed by atoms with Crippen LogP contribution in [0.1, 0.15) is 10.4 Å². The van der Waals surface area contributed by atoms with Gasteiger partial charge in [0.25, 0.3) is 5.91 Å². The molecule has 21 heavy (non-hydrogen) atoms. The van der Waals surface area contributed by atoms with E-state index in [0.29, 0.717) is 10.7 Å². The second-order valence-corrected chi connectivity index (χ2v) is 6.30. The number of carbonyl (C=O) groups excluding carboxylic acids is 1. The van der Waals surface area contributed by atoms with E-state index in [4.69, 9.17) is 0 Å². The topological polar surface area (TPSA) is 42.0 Å². The van der Waals surface area contributed by atoms with Crippen molar-refractivity contribution in [2.24, 2.45) is 0 Å². The minimum Gasteiger partial charge on any atom is -0.298 e. The van der Waals surface area contributed by atoms with E-state index in [1.54, 1.807) is 18.3 Å². The predicted molar refractivity (Wildman–Crippen MR) is 89.6 cm³/mol. The highest BCUT2D eigenvalue weighted by Gasteiger charge is 2.09. The Kier molecular flexibility index (Phi) is 4.13. The lowest BCUT2D eigenvalue weighted by Crippen LogP contribution is -2.11. The van der Waals surface area contributed by atoms with Crippen molar-refractivity contribution >= 4 is 38.3 Å². The van der Waals surface area contributed by atoms with Crippen LogP contribution in [0, 0.1) is 0 Å². The molecule has 3 aromatic rings. The Bertz CT molecular complexity index is 753. The third kappa shape index (κ3) is 3.37. The van der Waals surface area contributed by atoms with Gasteiger partial charge in [-0.05, 0) is 29.8 Å². The normalized spacial score (nSPS) is 10.3. The average molecular weight is 359 g/mol. The summed E-state index contributed by atoms with van der Waals surface area (Å²) in [6.07, 6.45) is 1.77. The molecule has 0 radical (unpaired) electrons. The molecule has 0 spiro atoms. The number of rotatable bonds is 3. The van der Waals surface area contributed by atoms with Gasteiger partial charge < -0.3 is 0 Å². The van der Waals surface area contributed by atoms with Crippen molar-refractivity contribution in [3.8, 4) is 10.4 Å². The van der Waals surface area contributed by atoms with Crippen molar-refractivity contribution in [1.82, 2.24) is 4.98 Å². The van der Waals surface area contributed by atoms with E-state index in [1.807, 2.05) is 42.5 Å². The fourth-order valence-electron chi connectivity index (χ4n) is 1.84. The van der Waals surface area contributed by atoms with Crippen LogP contribution >= 0.6 is 27.3 Å². The standard InChI is InChI=1S/C16H11BrN2OS/c17-13-8-6-12(7-9-13)15(20)19-16-18-10-14(21-16)11-4-2-1-3-5-11/h1-10H,(H,18,19,20). The van der Waals surface area contributed by atoms with E-state index in [9.17, 15) is 4.79 Å². The van der Waals surface area contributed by atoms with E-state index in [-0.39, 0.29) is 5.91 Å². The van der Waals surface area contributed by atoms with Gasteiger partial charge in [0, 0.05) is 16.2 Å². The van der Waals surface area contributed by atoms with Gasteiger partial charge in [0.1, 0.15) is 0 Å². The molecule has 1 aromatic heterocycles. The lowest BCUT2D eigenvalue weighted by molar-refractivity contribution is 0.102. The monoisotopic (exact) mass is 358 g/mol. The molecule has 104 valence electrons. The van der Waals surface area contributed by atoms with Gasteiger partial charge in [0.2, 0.25) is 0 Å². The van der Waals surface area contributed by atoms with Gasteiger partial charge in [-0.3, -0.25) is 10.1 Å². The summed E-state index contributed by atoms with van der Waals surface area (Å²) in [5.41, 5.74) is 1.70. The molecule has 3 nitrogen and oxygen atoms in total. The van der Waals surface area contributed by atoms with Crippen LogP contribution in [0.5, 0.6) is 0 Å². The Morgan fingerprint density at radius 3 is 2.48 bits per heavy atom. The molecule has 0 aliphatic rings. The smallest absolute Gasteiger partial charge is 0.257 e. The predicted octanol–water partition coefficient (Wildman–Crippen LogP) is 4.82. The Morgan fingerprint density at radius 1 is 1.05 bits per heavy atom. The van der Waals surface area contributed by atoms with Gasteiger partial charge in [-0.25, -0.2) is 4.98 Å². The summed E-state index contributed by atoms with van der Waals surface area (Å²) in [4.78, 5) is 17.4. The van der Waals surface area contributed by atoms with Crippen LogP contribution in [-0.4, -0.2) is 10.9 Å². The number of amides is 1. The van der Waals surface area contributed by atoms with Crippen molar-refractivity contribution in [3.63, 3.8) is 0 Å². The highest BCUT2D eigenvalue weighted by Crippen LogP contribution is 2.28. The molecule has 1 amide bonds.